The number of fused-ring (bicyclic) bond motifs is 1. The van der Waals surface area contributed by atoms with E-state index in [1.54, 1.807) is 17.6 Å². The van der Waals surface area contributed by atoms with Gasteiger partial charge in [0, 0.05) is 4.88 Å². The van der Waals surface area contributed by atoms with Crippen LogP contribution in [0.15, 0.2) is 16.7 Å². The fourth-order valence-corrected chi connectivity index (χ4v) is 3.85. The van der Waals surface area contributed by atoms with Crippen molar-refractivity contribution in [2.75, 3.05) is 6.61 Å². The van der Waals surface area contributed by atoms with Gasteiger partial charge in [-0.3, -0.25) is 4.79 Å². The number of esters is 1. The molecule has 1 aliphatic carbocycles. The molecule has 0 radical (unpaired) electrons. The van der Waals surface area contributed by atoms with Crippen molar-refractivity contribution < 1.29 is 13.9 Å². The molecule has 0 bridgehead atoms. The second-order valence-corrected chi connectivity index (χ2v) is 6.00. The second kappa shape index (κ2) is 5.40. The van der Waals surface area contributed by atoms with E-state index in [2.05, 4.69) is 0 Å². The summed E-state index contributed by atoms with van der Waals surface area (Å²) in [5.74, 6) is 0.522. The summed E-state index contributed by atoms with van der Waals surface area (Å²) >= 11 is 1.67. The molecule has 0 saturated carbocycles. The SMILES string of the molecule is CCOC(=O)C1CCCc2sc(-c3ccoc3C)nc21. The van der Waals surface area contributed by atoms with Crippen molar-refractivity contribution in [1.82, 2.24) is 4.98 Å². The van der Waals surface area contributed by atoms with E-state index in [-0.39, 0.29) is 11.9 Å². The first kappa shape index (κ1) is 13.4. The summed E-state index contributed by atoms with van der Waals surface area (Å²) in [6.45, 7) is 4.18. The standard InChI is InChI=1S/C15H17NO3S/c1-3-18-15(17)11-5-4-6-12-13(11)16-14(20-12)10-7-8-19-9(10)2/h7-8,11H,3-6H2,1-2H3. The van der Waals surface area contributed by atoms with Gasteiger partial charge in [0.25, 0.3) is 0 Å². The zero-order chi connectivity index (χ0) is 14.1. The average molecular weight is 291 g/mol. The van der Waals surface area contributed by atoms with E-state index >= 15 is 0 Å². The number of carbonyl (C=O) groups excluding carboxylic acids is 1. The van der Waals surface area contributed by atoms with Crippen LogP contribution in [0.25, 0.3) is 10.6 Å². The molecule has 0 fully saturated rings. The Balaban J connectivity index is 1.97. The summed E-state index contributed by atoms with van der Waals surface area (Å²) < 4.78 is 10.5. The normalized spacial score (nSPS) is 17.8. The predicted octanol–water partition coefficient (Wildman–Crippen LogP) is 3.69. The summed E-state index contributed by atoms with van der Waals surface area (Å²) in [7, 11) is 0. The Bertz CT molecular complexity index is 629. The smallest absolute Gasteiger partial charge is 0.315 e. The van der Waals surface area contributed by atoms with Crippen molar-refractivity contribution in [2.45, 2.75) is 39.0 Å². The monoisotopic (exact) mass is 291 g/mol. The lowest BCUT2D eigenvalue weighted by molar-refractivity contribution is -0.145. The third kappa shape index (κ3) is 2.26. The minimum absolute atomic E-state index is 0.144. The van der Waals surface area contributed by atoms with Gasteiger partial charge in [-0.05, 0) is 39.2 Å². The molecule has 0 saturated heterocycles. The zero-order valence-corrected chi connectivity index (χ0v) is 12.5. The number of rotatable bonds is 3. The number of thiazole rings is 1. The molecule has 0 aliphatic heterocycles. The molecular weight excluding hydrogens is 274 g/mol. The van der Waals surface area contributed by atoms with Crippen molar-refractivity contribution in [3.63, 3.8) is 0 Å². The van der Waals surface area contributed by atoms with Crippen molar-refractivity contribution in [3.8, 4) is 10.6 Å². The molecule has 0 amide bonds. The van der Waals surface area contributed by atoms with Gasteiger partial charge in [-0.2, -0.15) is 0 Å². The van der Waals surface area contributed by atoms with Gasteiger partial charge < -0.3 is 9.15 Å². The van der Waals surface area contributed by atoms with Crippen LogP contribution in [0.2, 0.25) is 0 Å². The molecule has 106 valence electrons. The highest BCUT2D eigenvalue weighted by molar-refractivity contribution is 7.15. The molecule has 2 aromatic rings. The molecule has 0 aromatic carbocycles. The predicted molar refractivity (Wildman–Crippen MR) is 76.9 cm³/mol. The third-order valence-corrected chi connectivity index (χ3v) is 4.78. The lowest BCUT2D eigenvalue weighted by Gasteiger charge is -2.19. The van der Waals surface area contributed by atoms with Gasteiger partial charge in [0.05, 0.1) is 24.1 Å². The second-order valence-electron chi connectivity index (χ2n) is 4.91. The van der Waals surface area contributed by atoms with Crippen LogP contribution < -0.4 is 0 Å². The fraction of sp³-hybridized carbons (Fsp3) is 0.467. The van der Waals surface area contributed by atoms with Crippen LogP contribution in [0.4, 0.5) is 0 Å². The first-order valence-corrected chi connectivity index (χ1v) is 7.73. The Morgan fingerprint density at radius 1 is 1.60 bits per heavy atom. The van der Waals surface area contributed by atoms with Crippen LogP contribution in [0, 0.1) is 6.92 Å². The Labute approximate surface area is 121 Å². The van der Waals surface area contributed by atoms with Crippen LogP contribution in [0.5, 0.6) is 0 Å². The van der Waals surface area contributed by atoms with E-state index in [4.69, 9.17) is 14.1 Å². The number of aryl methyl sites for hydroxylation is 2. The van der Waals surface area contributed by atoms with Crippen molar-refractivity contribution >= 4 is 17.3 Å². The van der Waals surface area contributed by atoms with Crippen molar-refractivity contribution in [2.24, 2.45) is 0 Å². The van der Waals surface area contributed by atoms with Gasteiger partial charge in [-0.15, -0.1) is 11.3 Å². The number of furan rings is 1. The molecule has 0 spiro atoms. The maximum atomic E-state index is 12.0. The molecule has 20 heavy (non-hydrogen) atoms. The molecule has 1 atom stereocenters. The number of nitrogens with zero attached hydrogens (tertiary/aromatic N) is 1. The van der Waals surface area contributed by atoms with Gasteiger partial charge in [-0.25, -0.2) is 4.98 Å². The Kier molecular flexibility index (Phi) is 3.61. The van der Waals surface area contributed by atoms with E-state index in [1.165, 1.54) is 4.88 Å². The van der Waals surface area contributed by atoms with Crippen LogP contribution in [0.3, 0.4) is 0 Å². The van der Waals surface area contributed by atoms with Gasteiger partial charge in [0.1, 0.15) is 16.7 Å². The highest BCUT2D eigenvalue weighted by atomic mass is 32.1. The van der Waals surface area contributed by atoms with Crippen LogP contribution >= 0.6 is 11.3 Å². The fourth-order valence-electron chi connectivity index (χ4n) is 2.61. The Morgan fingerprint density at radius 3 is 3.15 bits per heavy atom. The number of carbonyl (C=O) groups is 1. The molecule has 2 heterocycles. The molecule has 0 N–H and O–H groups in total. The lowest BCUT2D eigenvalue weighted by Crippen LogP contribution is -2.20. The number of ether oxygens (including phenoxy) is 1. The minimum atomic E-state index is -0.198. The molecule has 1 aliphatic rings. The lowest BCUT2D eigenvalue weighted by atomic mass is 9.91. The topological polar surface area (TPSA) is 52.3 Å². The number of hydrogen-bond donors (Lipinski definition) is 0. The van der Waals surface area contributed by atoms with Crippen LogP contribution in [-0.2, 0) is 16.0 Å². The van der Waals surface area contributed by atoms with E-state index in [9.17, 15) is 4.79 Å². The van der Waals surface area contributed by atoms with Gasteiger partial charge in [-0.1, -0.05) is 0 Å². The summed E-state index contributed by atoms with van der Waals surface area (Å²) in [6, 6.07) is 1.93. The molecule has 1 unspecified atom stereocenters. The third-order valence-electron chi connectivity index (χ3n) is 3.61. The van der Waals surface area contributed by atoms with Gasteiger partial charge in [0.2, 0.25) is 0 Å². The highest BCUT2D eigenvalue weighted by Crippen LogP contribution is 2.39. The molecule has 4 nitrogen and oxygen atoms in total. The Hall–Kier alpha value is -1.62. The summed E-state index contributed by atoms with van der Waals surface area (Å²) in [6.07, 6.45) is 4.52. The molecule has 3 rings (SSSR count). The van der Waals surface area contributed by atoms with E-state index in [0.29, 0.717) is 6.61 Å². The number of hydrogen-bond acceptors (Lipinski definition) is 5. The first-order valence-electron chi connectivity index (χ1n) is 6.91. The summed E-state index contributed by atoms with van der Waals surface area (Å²) in [5.41, 5.74) is 1.93. The molecule has 5 heteroatoms. The van der Waals surface area contributed by atoms with Gasteiger partial charge in [0.15, 0.2) is 0 Å². The average Bonchev–Trinajstić information content (AvgIpc) is 3.03. The van der Waals surface area contributed by atoms with E-state index in [1.807, 2.05) is 19.9 Å². The minimum Gasteiger partial charge on any atom is -0.469 e. The quantitative estimate of drug-likeness (QED) is 0.809. The summed E-state index contributed by atoms with van der Waals surface area (Å²) in [4.78, 5) is 18.0. The Morgan fingerprint density at radius 2 is 2.45 bits per heavy atom. The maximum absolute atomic E-state index is 12.0. The highest BCUT2D eigenvalue weighted by Gasteiger charge is 2.31. The van der Waals surface area contributed by atoms with Crippen LogP contribution in [0.1, 0.15) is 42.0 Å². The van der Waals surface area contributed by atoms with E-state index in [0.717, 1.165) is 41.3 Å². The van der Waals surface area contributed by atoms with Gasteiger partial charge >= 0.3 is 5.97 Å². The van der Waals surface area contributed by atoms with Crippen molar-refractivity contribution in [3.05, 3.63) is 28.7 Å². The summed E-state index contributed by atoms with van der Waals surface area (Å²) in [5, 5.41) is 0.942. The van der Waals surface area contributed by atoms with E-state index < -0.39 is 0 Å². The van der Waals surface area contributed by atoms with Crippen LogP contribution in [-0.4, -0.2) is 17.6 Å². The first-order chi connectivity index (χ1) is 9.70. The number of aromatic nitrogens is 1. The molecule has 2 aromatic heterocycles. The maximum Gasteiger partial charge on any atom is 0.315 e. The largest absolute Gasteiger partial charge is 0.469 e. The zero-order valence-electron chi connectivity index (χ0n) is 11.6. The molecular formula is C15H17NO3S. The van der Waals surface area contributed by atoms with Crippen molar-refractivity contribution in [1.29, 1.82) is 0 Å².